The average molecular weight is 970 g/mol. The summed E-state index contributed by atoms with van der Waals surface area (Å²) in [5.41, 5.74) is 4.76. The number of halogens is 6. The van der Waals surface area contributed by atoms with Crippen LogP contribution in [0.15, 0.2) is 133 Å². The molecule has 0 aliphatic heterocycles. The van der Waals surface area contributed by atoms with Crippen LogP contribution in [0.1, 0.15) is 116 Å². The molecular formula is C56H60F6O2Zr. The van der Waals surface area contributed by atoms with Gasteiger partial charge in [-0.2, -0.15) is 26.3 Å². The Morgan fingerprint density at radius 1 is 0.323 bits per heavy atom. The molecule has 0 bridgehead atoms. The zero-order chi connectivity index (χ0) is 47.8. The van der Waals surface area contributed by atoms with E-state index in [2.05, 4.69) is 168 Å². The van der Waals surface area contributed by atoms with Gasteiger partial charge in [-0.15, -0.1) is 79.5 Å². The predicted octanol–water partition coefficient (Wildman–Crippen LogP) is 17.4. The van der Waals surface area contributed by atoms with Crippen molar-refractivity contribution in [1.82, 2.24) is 0 Å². The molecule has 0 fully saturated rings. The van der Waals surface area contributed by atoms with Crippen molar-refractivity contribution in [2.75, 3.05) is 0 Å². The number of phenols is 2. The van der Waals surface area contributed by atoms with E-state index < -0.39 is 23.5 Å². The monoisotopic (exact) mass is 968 g/mol. The third kappa shape index (κ3) is 13.6. The van der Waals surface area contributed by atoms with E-state index in [1.807, 2.05) is 0 Å². The molecular weight excluding hydrogens is 910 g/mol. The molecule has 65 heavy (non-hydrogen) atoms. The van der Waals surface area contributed by atoms with Crippen LogP contribution in [0.3, 0.4) is 0 Å². The standard InChI is InChI=1S/2C21H25.2C7H5F3O.Zr/c2*1-20(2,3)16-7-9-18-14(12-16)11-15-13-17(21(4,5)6)8-10-19(15)18;2*8-7(9,10)5-2-1-3-6(11)4-5;/h2*7-13H,1-6H3;2*1-4,11H;/q2*-1;;;+2. The van der Waals surface area contributed by atoms with Gasteiger partial charge in [-0.1, -0.05) is 166 Å². The first-order chi connectivity index (χ1) is 29.3. The first-order valence-electron chi connectivity index (χ1n) is 21.3. The van der Waals surface area contributed by atoms with Crippen LogP contribution in [0.5, 0.6) is 11.5 Å². The van der Waals surface area contributed by atoms with Crippen molar-refractivity contribution >= 4 is 43.1 Å². The normalized spacial score (nSPS) is 12.5. The van der Waals surface area contributed by atoms with Crippen molar-refractivity contribution in [3.63, 3.8) is 0 Å². The van der Waals surface area contributed by atoms with Gasteiger partial charge < -0.3 is 10.2 Å². The number of aromatic hydroxyl groups is 2. The van der Waals surface area contributed by atoms with Crippen LogP contribution in [-0.4, -0.2) is 10.2 Å². The molecule has 8 aromatic carbocycles. The van der Waals surface area contributed by atoms with Crippen molar-refractivity contribution in [3.05, 3.63) is 167 Å². The summed E-state index contributed by atoms with van der Waals surface area (Å²) in [4.78, 5) is 0. The predicted molar refractivity (Wildman–Crippen MR) is 255 cm³/mol. The Bertz CT molecular complexity index is 2530. The van der Waals surface area contributed by atoms with E-state index in [0.29, 0.717) is 12.1 Å². The molecule has 8 rings (SSSR count). The van der Waals surface area contributed by atoms with Crippen LogP contribution in [0.25, 0.3) is 43.1 Å². The Labute approximate surface area is 399 Å². The summed E-state index contributed by atoms with van der Waals surface area (Å²) in [6, 6.07) is 40.2. The summed E-state index contributed by atoms with van der Waals surface area (Å²) >= 11 is 0. The van der Waals surface area contributed by atoms with Crippen LogP contribution >= 0.6 is 0 Å². The van der Waals surface area contributed by atoms with Crippen LogP contribution in [0.4, 0.5) is 26.3 Å². The maximum absolute atomic E-state index is 11.9. The fraction of sp³-hybridized carbons (Fsp3) is 0.321. The molecule has 0 atom stereocenters. The van der Waals surface area contributed by atoms with Crippen molar-refractivity contribution in [2.24, 2.45) is 0 Å². The summed E-state index contributed by atoms with van der Waals surface area (Å²) in [6.45, 7) is 27.3. The zero-order valence-electron chi connectivity index (χ0n) is 39.4. The third-order valence-corrected chi connectivity index (χ3v) is 11.2. The quantitative estimate of drug-likeness (QED) is 0.117. The van der Waals surface area contributed by atoms with Crippen LogP contribution in [-0.2, 0) is 60.2 Å². The topological polar surface area (TPSA) is 40.5 Å². The average Bonchev–Trinajstić information content (AvgIpc) is 3.73. The molecule has 0 aliphatic rings. The number of rotatable bonds is 0. The molecule has 0 saturated carbocycles. The number of benzene rings is 6. The minimum absolute atomic E-state index is 0. The maximum atomic E-state index is 11.9. The molecule has 0 aliphatic carbocycles. The molecule has 9 heteroatoms. The van der Waals surface area contributed by atoms with Crippen molar-refractivity contribution in [1.29, 1.82) is 0 Å². The van der Waals surface area contributed by atoms with Gasteiger partial charge in [0.15, 0.2) is 0 Å². The molecule has 2 N–H and O–H groups in total. The van der Waals surface area contributed by atoms with Gasteiger partial charge in [0.05, 0.1) is 11.1 Å². The first-order valence-corrected chi connectivity index (χ1v) is 21.3. The molecule has 8 aromatic rings. The molecule has 0 unspecified atom stereocenters. The Hall–Kier alpha value is -4.88. The van der Waals surface area contributed by atoms with Gasteiger partial charge in [-0.3, -0.25) is 0 Å². The molecule has 0 aromatic heterocycles. The van der Waals surface area contributed by atoms with Gasteiger partial charge in [0.1, 0.15) is 11.5 Å². The van der Waals surface area contributed by atoms with Gasteiger partial charge in [-0.25, -0.2) is 0 Å². The number of hydrogen-bond acceptors (Lipinski definition) is 2. The van der Waals surface area contributed by atoms with E-state index in [1.165, 1.54) is 77.5 Å². The Kier molecular flexibility index (Phi) is 15.8. The smallest absolute Gasteiger partial charge is 0.508 e. The maximum Gasteiger partial charge on any atom is 2.00 e. The van der Waals surface area contributed by atoms with Crippen LogP contribution < -0.4 is 0 Å². The molecule has 0 saturated heterocycles. The number of alkyl halides is 6. The van der Waals surface area contributed by atoms with Crippen LogP contribution in [0.2, 0.25) is 0 Å². The van der Waals surface area contributed by atoms with E-state index in [0.717, 1.165) is 24.3 Å². The zero-order valence-corrected chi connectivity index (χ0v) is 41.8. The molecule has 0 heterocycles. The fourth-order valence-electron chi connectivity index (χ4n) is 7.28. The van der Waals surface area contributed by atoms with Crippen molar-refractivity contribution in [2.45, 2.75) is 117 Å². The number of hydrogen-bond donors (Lipinski definition) is 2. The molecule has 0 spiro atoms. The minimum Gasteiger partial charge on any atom is -0.508 e. The van der Waals surface area contributed by atoms with Gasteiger partial charge >= 0.3 is 38.6 Å². The Morgan fingerprint density at radius 3 is 0.723 bits per heavy atom. The van der Waals surface area contributed by atoms with Gasteiger partial charge in [-0.05, 0) is 58.1 Å². The van der Waals surface area contributed by atoms with Gasteiger partial charge in [0.25, 0.3) is 0 Å². The second kappa shape index (κ2) is 19.5. The van der Waals surface area contributed by atoms with Gasteiger partial charge in [0, 0.05) is 0 Å². The summed E-state index contributed by atoms with van der Waals surface area (Å²) < 4.78 is 71.1. The van der Waals surface area contributed by atoms with E-state index in [1.54, 1.807) is 0 Å². The second-order valence-electron chi connectivity index (χ2n) is 20.6. The summed E-state index contributed by atoms with van der Waals surface area (Å²) in [5, 5.41) is 28.3. The van der Waals surface area contributed by atoms with Gasteiger partial charge in [0.2, 0.25) is 0 Å². The third-order valence-electron chi connectivity index (χ3n) is 11.2. The second-order valence-corrected chi connectivity index (χ2v) is 20.6. The van der Waals surface area contributed by atoms with E-state index in [4.69, 9.17) is 10.2 Å². The molecule has 0 radical (unpaired) electrons. The largest absolute Gasteiger partial charge is 2.00 e. The SMILES string of the molecule is CC(C)(C)c1ccc2c(c1)[cH-]c1cc(C(C)(C)C)ccc12.CC(C)(C)c1ccc2c(c1)[cH-]c1cc(C(C)(C)C)ccc12.Oc1cccc(C(F)(F)F)c1.Oc1cccc(C(F)(F)F)c1.[Zr+2]. The number of phenolic OH excluding ortho intramolecular Hbond substituents is 2. The molecule has 342 valence electrons. The Balaban J connectivity index is 0.000000198. The van der Waals surface area contributed by atoms with Crippen LogP contribution in [0, 0.1) is 0 Å². The molecule has 2 nitrogen and oxygen atoms in total. The van der Waals surface area contributed by atoms with Crippen molar-refractivity contribution in [3.8, 4) is 11.5 Å². The summed E-state index contributed by atoms with van der Waals surface area (Å²) in [6.07, 6.45) is -8.75. The van der Waals surface area contributed by atoms with E-state index >= 15 is 0 Å². The Morgan fingerprint density at radius 2 is 0.554 bits per heavy atom. The van der Waals surface area contributed by atoms with Crippen molar-refractivity contribution < 1.29 is 62.8 Å². The first kappa shape index (κ1) is 52.7. The number of fused-ring (bicyclic) bond motifs is 6. The fourth-order valence-corrected chi connectivity index (χ4v) is 7.28. The molecule has 0 amide bonds. The summed E-state index contributed by atoms with van der Waals surface area (Å²) in [5.74, 6) is -0.750. The minimum atomic E-state index is -4.38. The van der Waals surface area contributed by atoms with E-state index in [-0.39, 0.29) is 59.4 Å². The summed E-state index contributed by atoms with van der Waals surface area (Å²) in [7, 11) is 0. The van der Waals surface area contributed by atoms with E-state index in [9.17, 15) is 26.3 Å².